The SMILES string of the molecule is [B]B1B=Bc2c1oc1bbbbc21. The Morgan fingerprint density at radius 3 is 3.00 bits per heavy atom. The van der Waals surface area contributed by atoms with Crippen LogP contribution in [0, 0.1) is 0 Å². The van der Waals surface area contributed by atoms with Crippen LogP contribution in [-0.4, -0.2) is 54.7 Å². The predicted molar refractivity (Wildman–Crippen MR) is 63.9 cm³/mol. The first kappa shape index (κ1) is 8.14. The molecule has 0 aromatic carbocycles. The van der Waals surface area contributed by atoms with Crippen LogP contribution in [0.5, 0.6) is 0 Å². The van der Waals surface area contributed by atoms with Gasteiger partial charge in [0.2, 0.25) is 0 Å². The molecular formula is C4B8O. The molecule has 0 saturated heterocycles. The van der Waals surface area contributed by atoms with E-state index in [2.05, 4.69) is 6.80 Å². The third kappa shape index (κ3) is 1.12. The van der Waals surface area contributed by atoms with Gasteiger partial charge in [0.15, 0.2) is 0 Å². The first-order valence-electron chi connectivity index (χ1n) is 4.31. The zero-order chi connectivity index (χ0) is 8.84. The summed E-state index contributed by atoms with van der Waals surface area (Å²) in [5.74, 6) is 0. The molecule has 9 heteroatoms. The summed E-state index contributed by atoms with van der Waals surface area (Å²) in [6.45, 7) is 11.9. The van der Waals surface area contributed by atoms with Gasteiger partial charge < -0.3 is 0 Å². The van der Waals surface area contributed by atoms with Gasteiger partial charge in [0.1, 0.15) is 0 Å². The summed E-state index contributed by atoms with van der Waals surface area (Å²) in [7, 11) is 5.83. The predicted octanol–water partition coefficient (Wildman–Crippen LogP) is -3.39. The van der Waals surface area contributed by atoms with E-state index in [1.807, 2.05) is 33.7 Å². The van der Waals surface area contributed by atoms with Crippen LogP contribution in [0.2, 0.25) is 0 Å². The topological polar surface area (TPSA) is 13.1 Å². The summed E-state index contributed by atoms with van der Waals surface area (Å²) in [5, 5.41) is 1.15. The van der Waals surface area contributed by atoms with Crippen molar-refractivity contribution >= 4 is 76.6 Å². The fraction of sp³-hybridized carbons (Fsp3) is 0. The normalized spacial score (nSPS) is 11.5. The molecule has 1 aliphatic rings. The molecule has 0 atom stereocenters. The van der Waals surface area contributed by atoms with Crippen LogP contribution in [0.1, 0.15) is 0 Å². The Morgan fingerprint density at radius 2 is 2.08 bits per heavy atom. The zero-order valence-corrected chi connectivity index (χ0v) is 7.03. The zero-order valence-electron chi connectivity index (χ0n) is 7.03. The van der Waals surface area contributed by atoms with Crippen molar-refractivity contribution < 1.29 is 4.42 Å². The van der Waals surface area contributed by atoms with Gasteiger partial charge in [0.05, 0.1) is 0 Å². The maximum atomic E-state index is 5.83. The summed E-state index contributed by atoms with van der Waals surface area (Å²) in [4.78, 5) is 0. The second-order valence-electron chi connectivity index (χ2n) is 3.26. The first-order valence-corrected chi connectivity index (χ1v) is 4.31. The molecule has 0 amide bonds. The van der Waals surface area contributed by atoms with Crippen molar-refractivity contribution in [2.75, 3.05) is 0 Å². The van der Waals surface area contributed by atoms with Crippen molar-refractivity contribution in [1.29, 1.82) is 0 Å². The number of furan rings is 1. The van der Waals surface area contributed by atoms with Gasteiger partial charge >= 0.3 is 81.0 Å². The van der Waals surface area contributed by atoms with Gasteiger partial charge in [0, 0.05) is 0 Å². The standard InChI is InChI=1S/C4B8O/c5-12-4-2(7-11-12)1-3(13-4)8-10-9-6-1. The van der Waals surface area contributed by atoms with Gasteiger partial charge in [-0.1, -0.05) is 0 Å². The minimum absolute atomic E-state index is 0.0672. The molecule has 0 unspecified atom stereocenters. The van der Waals surface area contributed by atoms with Crippen molar-refractivity contribution in [3.05, 3.63) is 0 Å². The van der Waals surface area contributed by atoms with E-state index >= 15 is 0 Å². The number of fused-ring (bicyclic) bond motifs is 3. The van der Waals surface area contributed by atoms with Crippen molar-refractivity contribution in [2.24, 2.45) is 0 Å². The van der Waals surface area contributed by atoms with Crippen LogP contribution >= 0.6 is 0 Å². The van der Waals surface area contributed by atoms with E-state index in [4.69, 9.17) is 12.2 Å². The van der Waals surface area contributed by atoms with Crippen molar-refractivity contribution in [2.45, 2.75) is 0 Å². The molecule has 0 fully saturated rings. The molecule has 0 bridgehead atoms. The summed E-state index contributed by atoms with van der Waals surface area (Å²) < 4.78 is 5.64. The Balaban J connectivity index is 2.44. The van der Waals surface area contributed by atoms with E-state index in [1.54, 1.807) is 0 Å². The monoisotopic (exact) mass is 152 g/mol. The molecular weight excluding hydrogens is 151 g/mol. The van der Waals surface area contributed by atoms with Crippen LogP contribution < -0.4 is 11.1 Å². The molecule has 0 spiro atoms. The Hall–Kier alpha value is -0.201. The van der Waals surface area contributed by atoms with E-state index < -0.39 is 0 Å². The van der Waals surface area contributed by atoms with Crippen LogP contribution in [0.15, 0.2) is 4.42 Å². The maximum absolute atomic E-state index is 5.83. The first-order chi connectivity index (χ1) is 6.36. The molecule has 2 radical (unpaired) electrons. The molecule has 1 nitrogen and oxygen atoms in total. The van der Waals surface area contributed by atoms with Gasteiger partial charge in [-0.25, -0.2) is 0 Å². The molecule has 0 saturated carbocycles. The Kier molecular flexibility index (Phi) is 1.81. The van der Waals surface area contributed by atoms with Crippen LogP contribution in [0.4, 0.5) is 0 Å². The van der Waals surface area contributed by atoms with E-state index in [9.17, 15) is 0 Å². The Morgan fingerprint density at radius 1 is 1.23 bits per heavy atom. The number of hydrogen-bond donors (Lipinski definition) is 0. The number of hydrogen-bond acceptors (Lipinski definition) is 1. The third-order valence-corrected chi connectivity index (χ3v) is 2.44. The minimum atomic E-state index is -0.0672. The summed E-state index contributed by atoms with van der Waals surface area (Å²) in [5.41, 5.74) is 2.96. The Labute approximate surface area is 81.4 Å². The van der Waals surface area contributed by atoms with E-state index in [0.717, 1.165) is 21.9 Å². The van der Waals surface area contributed by atoms with Gasteiger partial charge in [-0.15, -0.1) is 0 Å². The van der Waals surface area contributed by atoms with Crippen LogP contribution in [-0.2, 0) is 0 Å². The molecule has 2 aromatic rings. The summed E-state index contributed by atoms with van der Waals surface area (Å²) >= 11 is 0. The molecule has 0 aliphatic carbocycles. The average Bonchev–Trinajstić information content (AvgIpc) is 2.67. The van der Waals surface area contributed by atoms with Gasteiger partial charge in [-0.2, -0.15) is 0 Å². The van der Waals surface area contributed by atoms with Crippen molar-refractivity contribution in [1.82, 2.24) is 0 Å². The molecule has 1 aliphatic heterocycles. The second-order valence-corrected chi connectivity index (χ2v) is 3.26. The third-order valence-electron chi connectivity index (χ3n) is 2.44. The summed E-state index contributed by atoms with van der Waals surface area (Å²) in [6.07, 6.45) is 0. The quantitative estimate of drug-likeness (QED) is 0.357. The van der Waals surface area contributed by atoms with E-state index in [1.165, 1.54) is 0 Å². The Bertz CT molecular complexity index is 502. The van der Waals surface area contributed by atoms with Crippen molar-refractivity contribution in [3.8, 4) is 0 Å². The molecule has 3 rings (SSSR count). The van der Waals surface area contributed by atoms with Gasteiger partial charge in [0.25, 0.3) is 0 Å². The molecule has 0 N–H and O–H groups in total. The number of rotatable bonds is 0. The molecule has 13 heavy (non-hydrogen) atoms. The molecule has 2 aromatic heterocycles. The van der Waals surface area contributed by atoms with E-state index in [-0.39, 0.29) is 6.49 Å². The van der Waals surface area contributed by atoms with Crippen molar-refractivity contribution in [3.63, 3.8) is 0 Å². The van der Waals surface area contributed by atoms with Crippen LogP contribution in [0.3, 0.4) is 0 Å². The molecule has 46 valence electrons. The van der Waals surface area contributed by atoms with Gasteiger partial charge in [-0.3, -0.25) is 0 Å². The van der Waals surface area contributed by atoms with E-state index in [0.29, 0.717) is 0 Å². The van der Waals surface area contributed by atoms with Gasteiger partial charge in [-0.05, 0) is 0 Å². The average molecular weight is 151 g/mol. The fourth-order valence-electron chi connectivity index (χ4n) is 1.79. The molecule has 3 heterocycles. The fourth-order valence-corrected chi connectivity index (χ4v) is 1.79. The second kappa shape index (κ2) is 2.90. The summed E-state index contributed by atoms with van der Waals surface area (Å²) in [6, 6.07) is 0. The van der Waals surface area contributed by atoms with Crippen LogP contribution in [0.25, 0.3) is 10.8 Å².